The van der Waals surface area contributed by atoms with E-state index in [0.29, 0.717) is 31.9 Å². The lowest BCUT2D eigenvalue weighted by Gasteiger charge is -2.35. The van der Waals surface area contributed by atoms with Gasteiger partial charge in [-0.2, -0.15) is 13.2 Å². The van der Waals surface area contributed by atoms with E-state index in [0.717, 1.165) is 17.4 Å². The first kappa shape index (κ1) is 18.9. The van der Waals surface area contributed by atoms with Gasteiger partial charge >= 0.3 is 6.18 Å². The molecule has 0 spiro atoms. The Balaban J connectivity index is 1.64. The van der Waals surface area contributed by atoms with Crippen molar-refractivity contribution in [1.29, 1.82) is 0 Å². The first-order valence-electron chi connectivity index (χ1n) is 8.56. The molecule has 1 atom stereocenters. The number of nitrogens with zero attached hydrogens (tertiary/aromatic N) is 2. The van der Waals surface area contributed by atoms with Crippen LogP contribution in [-0.2, 0) is 23.6 Å². The van der Waals surface area contributed by atoms with Gasteiger partial charge in [0.05, 0.1) is 10.5 Å². The molecule has 3 nitrogen and oxygen atoms in total. The number of anilines is 1. The van der Waals surface area contributed by atoms with Gasteiger partial charge in [-0.05, 0) is 42.3 Å². The maximum absolute atomic E-state index is 12.9. The molecule has 7 heteroatoms. The number of halogens is 3. The van der Waals surface area contributed by atoms with Crippen molar-refractivity contribution in [2.45, 2.75) is 24.4 Å². The maximum Gasteiger partial charge on any atom is 0.416 e. The second kappa shape index (κ2) is 7.80. The molecular formula is C19H21F3N2OS. The SMILES string of the molecule is CCc1ccc(S(=O)N2CCN(c3cccc(C(F)(F)F)c3)CC2)cc1. The van der Waals surface area contributed by atoms with E-state index in [-0.39, 0.29) is 0 Å². The maximum atomic E-state index is 12.9. The van der Waals surface area contributed by atoms with Gasteiger partial charge in [0.2, 0.25) is 0 Å². The van der Waals surface area contributed by atoms with E-state index in [1.165, 1.54) is 17.7 Å². The van der Waals surface area contributed by atoms with Crippen molar-refractivity contribution in [3.8, 4) is 0 Å². The molecule has 0 amide bonds. The van der Waals surface area contributed by atoms with Crippen molar-refractivity contribution in [2.24, 2.45) is 0 Å². The molecule has 1 unspecified atom stereocenters. The van der Waals surface area contributed by atoms with Crippen molar-refractivity contribution >= 4 is 16.7 Å². The Kier molecular flexibility index (Phi) is 5.67. The molecule has 2 aromatic carbocycles. The minimum Gasteiger partial charge on any atom is -0.369 e. The van der Waals surface area contributed by atoms with Crippen LogP contribution in [0.5, 0.6) is 0 Å². The van der Waals surface area contributed by atoms with Crippen LogP contribution in [0, 0.1) is 0 Å². The Bertz CT molecular complexity index is 769. The summed E-state index contributed by atoms with van der Waals surface area (Å²) in [7, 11) is -1.24. The lowest BCUT2D eigenvalue weighted by atomic mass is 10.1. The molecule has 1 aliphatic rings. The highest BCUT2D eigenvalue weighted by atomic mass is 32.2. The molecule has 1 aliphatic heterocycles. The Hall–Kier alpha value is -1.86. The topological polar surface area (TPSA) is 23.6 Å². The number of hydrogen-bond donors (Lipinski definition) is 0. The molecule has 1 saturated heterocycles. The highest BCUT2D eigenvalue weighted by Gasteiger charge is 2.31. The summed E-state index contributed by atoms with van der Waals surface area (Å²) in [6.07, 6.45) is -3.41. The van der Waals surface area contributed by atoms with Gasteiger partial charge in [0.25, 0.3) is 0 Å². The fraction of sp³-hybridized carbons (Fsp3) is 0.368. The third-order valence-electron chi connectivity index (χ3n) is 4.55. The predicted octanol–water partition coefficient (Wildman–Crippen LogP) is 4.11. The summed E-state index contributed by atoms with van der Waals surface area (Å²) in [5.41, 5.74) is 1.11. The summed E-state index contributed by atoms with van der Waals surface area (Å²) < 4.78 is 53.2. The minimum absolute atomic E-state index is 0.540. The first-order valence-corrected chi connectivity index (χ1v) is 9.67. The molecule has 0 N–H and O–H groups in total. The van der Waals surface area contributed by atoms with Crippen molar-refractivity contribution < 1.29 is 17.4 Å². The summed E-state index contributed by atoms with van der Waals surface area (Å²) in [6, 6.07) is 13.1. The van der Waals surface area contributed by atoms with Gasteiger partial charge in [-0.25, -0.2) is 8.51 Å². The average Bonchev–Trinajstić information content (AvgIpc) is 2.67. The molecule has 0 bridgehead atoms. The second-order valence-corrected chi connectivity index (χ2v) is 7.70. The molecule has 0 radical (unpaired) electrons. The lowest BCUT2D eigenvalue weighted by molar-refractivity contribution is -0.137. The van der Waals surface area contributed by atoms with Gasteiger partial charge in [-0.3, -0.25) is 0 Å². The van der Waals surface area contributed by atoms with Gasteiger partial charge in [-0.15, -0.1) is 0 Å². The fourth-order valence-corrected chi connectivity index (χ4v) is 4.14. The number of benzene rings is 2. The van der Waals surface area contributed by atoms with E-state index < -0.39 is 22.7 Å². The average molecular weight is 382 g/mol. The van der Waals surface area contributed by atoms with Crippen LogP contribution < -0.4 is 4.90 Å². The van der Waals surface area contributed by atoms with Crippen LogP contribution in [0.15, 0.2) is 53.4 Å². The van der Waals surface area contributed by atoms with E-state index in [4.69, 9.17) is 0 Å². The molecule has 0 aromatic heterocycles. The fourth-order valence-electron chi connectivity index (χ4n) is 2.98. The smallest absolute Gasteiger partial charge is 0.369 e. The van der Waals surface area contributed by atoms with Gasteiger partial charge in [0.1, 0.15) is 11.0 Å². The Morgan fingerprint density at radius 1 is 1.00 bits per heavy atom. The van der Waals surface area contributed by atoms with E-state index in [9.17, 15) is 17.4 Å². The number of aryl methyl sites for hydroxylation is 1. The molecule has 0 aliphatic carbocycles. The highest BCUT2D eigenvalue weighted by Crippen LogP contribution is 2.32. The molecular weight excluding hydrogens is 361 g/mol. The third kappa shape index (κ3) is 4.27. The van der Waals surface area contributed by atoms with E-state index in [1.54, 1.807) is 6.07 Å². The van der Waals surface area contributed by atoms with E-state index >= 15 is 0 Å². The van der Waals surface area contributed by atoms with Gasteiger partial charge in [0, 0.05) is 31.9 Å². The van der Waals surface area contributed by atoms with Crippen molar-refractivity contribution in [3.05, 3.63) is 59.7 Å². The third-order valence-corrected chi connectivity index (χ3v) is 6.05. The predicted molar refractivity (Wildman–Crippen MR) is 97.5 cm³/mol. The van der Waals surface area contributed by atoms with Crippen LogP contribution in [0.2, 0.25) is 0 Å². The molecule has 1 fully saturated rings. The summed E-state index contributed by atoms with van der Waals surface area (Å²) in [5, 5.41) is 0. The van der Waals surface area contributed by atoms with Gasteiger partial charge in [-0.1, -0.05) is 25.1 Å². The summed E-state index contributed by atoms with van der Waals surface area (Å²) >= 11 is 0. The molecule has 1 heterocycles. The number of hydrogen-bond acceptors (Lipinski definition) is 2. The minimum atomic E-state index is -4.34. The number of alkyl halides is 3. The van der Waals surface area contributed by atoms with Crippen molar-refractivity contribution in [2.75, 3.05) is 31.1 Å². The van der Waals surface area contributed by atoms with E-state index in [2.05, 4.69) is 6.92 Å². The van der Waals surface area contributed by atoms with Crippen molar-refractivity contribution in [1.82, 2.24) is 4.31 Å². The van der Waals surface area contributed by atoms with Crippen LogP contribution in [-0.4, -0.2) is 34.7 Å². The molecule has 0 saturated carbocycles. The molecule has 3 rings (SSSR count). The van der Waals surface area contributed by atoms with Crippen LogP contribution in [0.3, 0.4) is 0 Å². The summed E-state index contributed by atoms with van der Waals surface area (Å²) in [5.74, 6) is 0. The van der Waals surface area contributed by atoms with E-state index in [1.807, 2.05) is 33.5 Å². The monoisotopic (exact) mass is 382 g/mol. The van der Waals surface area contributed by atoms with Crippen LogP contribution in [0.1, 0.15) is 18.1 Å². The zero-order chi connectivity index (χ0) is 18.7. The van der Waals surface area contributed by atoms with Crippen LogP contribution in [0.25, 0.3) is 0 Å². The molecule has 140 valence electrons. The second-order valence-electron chi connectivity index (χ2n) is 6.21. The largest absolute Gasteiger partial charge is 0.416 e. The lowest BCUT2D eigenvalue weighted by Crippen LogP contribution is -2.47. The van der Waals surface area contributed by atoms with Crippen LogP contribution in [0.4, 0.5) is 18.9 Å². The zero-order valence-electron chi connectivity index (χ0n) is 14.5. The van der Waals surface area contributed by atoms with Crippen LogP contribution >= 0.6 is 0 Å². The zero-order valence-corrected chi connectivity index (χ0v) is 15.3. The number of piperazine rings is 1. The highest BCUT2D eigenvalue weighted by molar-refractivity contribution is 7.82. The first-order chi connectivity index (χ1) is 12.4. The Morgan fingerprint density at radius 2 is 1.65 bits per heavy atom. The van der Waals surface area contributed by atoms with Crippen molar-refractivity contribution in [3.63, 3.8) is 0 Å². The van der Waals surface area contributed by atoms with Gasteiger partial charge in [0.15, 0.2) is 0 Å². The Morgan fingerprint density at radius 3 is 2.23 bits per heavy atom. The van der Waals surface area contributed by atoms with Gasteiger partial charge < -0.3 is 4.90 Å². The quantitative estimate of drug-likeness (QED) is 0.794. The summed E-state index contributed by atoms with van der Waals surface area (Å²) in [6.45, 7) is 4.23. The molecule has 26 heavy (non-hydrogen) atoms. The summed E-state index contributed by atoms with van der Waals surface area (Å²) in [4.78, 5) is 2.66. The Labute approximate surface area is 154 Å². The molecule has 2 aromatic rings. The number of rotatable bonds is 4. The standard InChI is InChI=1S/C19H21F3N2OS/c1-2-15-6-8-18(9-7-15)26(25)24-12-10-23(11-13-24)17-5-3-4-16(14-17)19(20,21)22/h3-9,14H,2,10-13H2,1H3. The normalized spacial score (nSPS) is 17.3.